The number of hydrogen-bond acceptors (Lipinski definition) is 2. The van der Waals surface area contributed by atoms with Gasteiger partial charge in [0.15, 0.2) is 0 Å². The van der Waals surface area contributed by atoms with Crippen LogP contribution >= 0.6 is 0 Å². The van der Waals surface area contributed by atoms with Crippen molar-refractivity contribution in [2.24, 2.45) is 11.7 Å². The third-order valence-corrected chi connectivity index (χ3v) is 2.49. The second kappa shape index (κ2) is 3.00. The zero-order chi connectivity index (χ0) is 9.42. The molecule has 1 unspecified atom stereocenters. The molecule has 1 atom stereocenters. The first-order valence-corrected chi connectivity index (χ1v) is 4.43. The Labute approximate surface area is 76.2 Å². The highest BCUT2D eigenvalue weighted by Crippen LogP contribution is 2.42. The fourth-order valence-corrected chi connectivity index (χ4v) is 1.55. The predicted molar refractivity (Wildman–Crippen MR) is 47.7 cm³/mol. The van der Waals surface area contributed by atoms with Crippen molar-refractivity contribution in [2.75, 3.05) is 0 Å². The molecule has 70 valence electrons. The van der Waals surface area contributed by atoms with E-state index in [1.807, 2.05) is 0 Å². The van der Waals surface area contributed by atoms with Gasteiger partial charge in [-0.3, -0.25) is 0 Å². The standard InChI is InChI=1S/C10H12FNO/c11-7-2-1-3-8(13)9(7)10(12)6-4-5-6/h1-3,6,10,13H,4-5,12H2. The highest BCUT2D eigenvalue weighted by molar-refractivity contribution is 5.36. The molecular formula is C10H12FNO. The lowest BCUT2D eigenvalue weighted by atomic mass is 10.0. The number of rotatable bonds is 2. The summed E-state index contributed by atoms with van der Waals surface area (Å²) in [4.78, 5) is 0. The van der Waals surface area contributed by atoms with Crippen molar-refractivity contribution in [1.29, 1.82) is 0 Å². The van der Waals surface area contributed by atoms with E-state index in [-0.39, 0.29) is 17.4 Å². The Morgan fingerprint density at radius 3 is 2.69 bits per heavy atom. The van der Waals surface area contributed by atoms with Gasteiger partial charge in [-0.25, -0.2) is 4.39 Å². The highest BCUT2D eigenvalue weighted by atomic mass is 19.1. The fourth-order valence-electron chi connectivity index (χ4n) is 1.55. The van der Waals surface area contributed by atoms with E-state index < -0.39 is 5.82 Å². The smallest absolute Gasteiger partial charge is 0.131 e. The average Bonchev–Trinajstić information content (AvgIpc) is 2.85. The second-order valence-electron chi connectivity index (χ2n) is 3.54. The summed E-state index contributed by atoms with van der Waals surface area (Å²) in [5, 5.41) is 9.42. The maximum Gasteiger partial charge on any atom is 0.131 e. The monoisotopic (exact) mass is 181 g/mol. The minimum absolute atomic E-state index is 0.0283. The lowest BCUT2D eigenvalue weighted by molar-refractivity contribution is 0.442. The molecule has 0 heterocycles. The topological polar surface area (TPSA) is 46.2 Å². The average molecular weight is 181 g/mol. The molecule has 1 aliphatic carbocycles. The molecule has 2 nitrogen and oxygen atoms in total. The van der Waals surface area contributed by atoms with Crippen LogP contribution in [0.15, 0.2) is 18.2 Å². The second-order valence-corrected chi connectivity index (χ2v) is 3.54. The number of hydrogen-bond donors (Lipinski definition) is 2. The number of nitrogens with two attached hydrogens (primary N) is 1. The molecule has 0 aliphatic heterocycles. The molecule has 0 spiro atoms. The fraction of sp³-hybridized carbons (Fsp3) is 0.400. The van der Waals surface area contributed by atoms with Crippen LogP contribution in [0.3, 0.4) is 0 Å². The summed E-state index contributed by atoms with van der Waals surface area (Å²) in [7, 11) is 0. The van der Waals surface area contributed by atoms with Crippen molar-refractivity contribution >= 4 is 0 Å². The Bertz CT molecular complexity index is 302. The van der Waals surface area contributed by atoms with Crippen LogP contribution in [0.2, 0.25) is 0 Å². The normalized spacial score (nSPS) is 18.6. The highest BCUT2D eigenvalue weighted by Gasteiger charge is 2.32. The maximum absolute atomic E-state index is 13.2. The van der Waals surface area contributed by atoms with Crippen LogP contribution in [0.4, 0.5) is 4.39 Å². The van der Waals surface area contributed by atoms with E-state index in [2.05, 4.69) is 0 Å². The SMILES string of the molecule is NC(c1c(O)cccc1F)C1CC1. The van der Waals surface area contributed by atoms with Crippen molar-refractivity contribution in [3.8, 4) is 5.75 Å². The van der Waals surface area contributed by atoms with Crippen LogP contribution in [0, 0.1) is 11.7 Å². The lowest BCUT2D eigenvalue weighted by Gasteiger charge is -2.12. The van der Waals surface area contributed by atoms with Gasteiger partial charge in [0.1, 0.15) is 11.6 Å². The van der Waals surface area contributed by atoms with Gasteiger partial charge in [0.25, 0.3) is 0 Å². The van der Waals surface area contributed by atoms with Crippen LogP contribution in [0.5, 0.6) is 5.75 Å². The molecule has 0 radical (unpaired) electrons. The minimum Gasteiger partial charge on any atom is -0.508 e. The zero-order valence-corrected chi connectivity index (χ0v) is 7.20. The molecule has 1 aliphatic rings. The summed E-state index contributed by atoms with van der Waals surface area (Å²) in [5.74, 6) is -0.0819. The molecule has 0 amide bonds. The predicted octanol–water partition coefficient (Wildman–Crippen LogP) is 1.94. The third kappa shape index (κ3) is 1.52. The van der Waals surface area contributed by atoms with Crippen LogP contribution < -0.4 is 5.73 Å². The number of phenols is 1. The molecule has 0 bridgehead atoms. The van der Waals surface area contributed by atoms with Crippen molar-refractivity contribution in [2.45, 2.75) is 18.9 Å². The Kier molecular flexibility index (Phi) is 1.96. The molecule has 0 aromatic heterocycles. The van der Waals surface area contributed by atoms with E-state index >= 15 is 0 Å². The Hall–Kier alpha value is -1.09. The maximum atomic E-state index is 13.2. The number of phenolic OH excluding ortho intramolecular Hbond substituents is 1. The molecule has 13 heavy (non-hydrogen) atoms. The summed E-state index contributed by atoms with van der Waals surface area (Å²) in [6.45, 7) is 0. The number of aromatic hydroxyl groups is 1. The van der Waals surface area contributed by atoms with Gasteiger partial charge in [-0.05, 0) is 30.9 Å². The van der Waals surface area contributed by atoms with E-state index in [0.717, 1.165) is 12.8 Å². The van der Waals surface area contributed by atoms with E-state index in [9.17, 15) is 9.50 Å². The van der Waals surface area contributed by atoms with Gasteiger partial charge >= 0.3 is 0 Å². The minimum atomic E-state index is -0.403. The summed E-state index contributed by atoms with van der Waals surface area (Å²) in [6, 6.07) is 3.94. The first-order valence-electron chi connectivity index (χ1n) is 4.43. The molecule has 1 fully saturated rings. The van der Waals surface area contributed by atoms with Crippen LogP contribution in [-0.2, 0) is 0 Å². The Morgan fingerprint density at radius 2 is 2.15 bits per heavy atom. The number of benzene rings is 1. The summed E-state index contributed by atoms with van der Waals surface area (Å²) < 4.78 is 13.2. The van der Waals surface area contributed by atoms with Crippen molar-refractivity contribution in [1.82, 2.24) is 0 Å². The van der Waals surface area contributed by atoms with Crippen molar-refractivity contribution in [3.05, 3.63) is 29.6 Å². The van der Waals surface area contributed by atoms with Crippen molar-refractivity contribution < 1.29 is 9.50 Å². The molecule has 1 aromatic carbocycles. The van der Waals surface area contributed by atoms with Crippen molar-refractivity contribution in [3.63, 3.8) is 0 Å². The summed E-state index contributed by atoms with van der Waals surface area (Å²) in [6.07, 6.45) is 2.07. The molecule has 0 saturated heterocycles. The molecule has 1 saturated carbocycles. The number of halogens is 1. The molecule has 3 N–H and O–H groups in total. The van der Waals surface area contributed by atoms with E-state index in [1.165, 1.54) is 18.2 Å². The Balaban J connectivity index is 2.36. The van der Waals surface area contributed by atoms with Crippen LogP contribution in [-0.4, -0.2) is 5.11 Å². The van der Waals surface area contributed by atoms with E-state index in [1.54, 1.807) is 0 Å². The first kappa shape index (κ1) is 8.51. The van der Waals surface area contributed by atoms with Gasteiger partial charge in [-0.1, -0.05) is 6.07 Å². The largest absolute Gasteiger partial charge is 0.508 e. The summed E-state index contributed by atoms with van der Waals surface area (Å²) >= 11 is 0. The quantitative estimate of drug-likeness (QED) is 0.732. The summed E-state index contributed by atoms with van der Waals surface area (Å²) in [5.41, 5.74) is 6.07. The first-order chi connectivity index (χ1) is 6.20. The van der Waals surface area contributed by atoms with Gasteiger partial charge < -0.3 is 10.8 Å². The molecular weight excluding hydrogens is 169 g/mol. The van der Waals surface area contributed by atoms with E-state index in [0.29, 0.717) is 5.92 Å². The van der Waals surface area contributed by atoms with Gasteiger partial charge in [0, 0.05) is 11.6 Å². The van der Waals surface area contributed by atoms with Gasteiger partial charge in [-0.2, -0.15) is 0 Å². The third-order valence-electron chi connectivity index (χ3n) is 2.49. The lowest BCUT2D eigenvalue weighted by Crippen LogP contribution is -2.14. The molecule has 2 rings (SSSR count). The Morgan fingerprint density at radius 1 is 1.46 bits per heavy atom. The van der Waals surface area contributed by atoms with Gasteiger partial charge in [-0.15, -0.1) is 0 Å². The zero-order valence-electron chi connectivity index (χ0n) is 7.20. The van der Waals surface area contributed by atoms with Crippen LogP contribution in [0.1, 0.15) is 24.4 Å². The molecule has 1 aromatic rings. The van der Waals surface area contributed by atoms with Crippen LogP contribution in [0.25, 0.3) is 0 Å². The van der Waals surface area contributed by atoms with Gasteiger partial charge in [0.05, 0.1) is 0 Å². The van der Waals surface area contributed by atoms with Gasteiger partial charge in [0.2, 0.25) is 0 Å². The van der Waals surface area contributed by atoms with E-state index in [4.69, 9.17) is 5.73 Å². The molecule has 3 heteroatoms.